The highest BCUT2D eigenvalue weighted by molar-refractivity contribution is 7.26. The van der Waals surface area contributed by atoms with E-state index in [0.717, 1.165) is 92.2 Å². The Morgan fingerprint density at radius 1 is 0.415 bits per heavy atom. The summed E-state index contributed by atoms with van der Waals surface area (Å²) in [6.07, 6.45) is 0. The van der Waals surface area contributed by atoms with Gasteiger partial charge in [-0.15, -0.1) is 11.3 Å². The highest BCUT2D eigenvalue weighted by Crippen LogP contribution is 2.50. The summed E-state index contributed by atoms with van der Waals surface area (Å²) in [4.78, 5) is 15.5. The molecule has 0 radical (unpaired) electrons. The first-order chi connectivity index (χ1) is 34.0. The number of rotatable bonds is 6. The molecule has 65 heavy (non-hydrogen) atoms. The van der Waals surface area contributed by atoms with E-state index >= 15 is 0 Å². The SMILES string of the molecule is [2H]c1c([2H])c([2H])c(-c2nc(-c3ccc4c(c3)-c3ccccc3C4(C)C)nc(-c3cc(-n4c5ccccc5c5ccccc54)cc4c3sc3c(-c5cccc(-c6ccccc6)c5)cccc34)n2)c([2H])c1[2H]. The van der Waals surface area contributed by atoms with Crippen LogP contribution < -0.4 is 0 Å². The zero-order valence-corrected chi connectivity index (χ0v) is 36.3. The van der Waals surface area contributed by atoms with Crippen molar-refractivity contribution in [3.8, 4) is 73.2 Å². The van der Waals surface area contributed by atoms with E-state index in [-0.39, 0.29) is 28.9 Å². The molecule has 0 bridgehead atoms. The average Bonchev–Trinajstić information content (AvgIpc) is 4.03. The Bertz CT molecular complexity index is 4090. The van der Waals surface area contributed by atoms with Gasteiger partial charge in [-0.1, -0.05) is 184 Å². The molecule has 1 aliphatic carbocycles. The van der Waals surface area contributed by atoms with E-state index in [1.54, 1.807) is 11.3 Å². The molecule has 0 N–H and O–H groups in total. The fourth-order valence-corrected chi connectivity index (χ4v) is 11.4. The van der Waals surface area contributed by atoms with Gasteiger partial charge in [0.2, 0.25) is 0 Å². The molecule has 12 aromatic rings. The minimum absolute atomic E-state index is 0.00632. The first-order valence-electron chi connectivity index (χ1n) is 24.3. The number of benzene rings is 9. The van der Waals surface area contributed by atoms with Crippen LogP contribution in [0.3, 0.4) is 0 Å². The maximum Gasteiger partial charge on any atom is 0.165 e. The molecule has 9 aromatic carbocycles. The Morgan fingerprint density at radius 2 is 1.02 bits per heavy atom. The van der Waals surface area contributed by atoms with Crippen molar-refractivity contribution in [1.82, 2.24) is 19.5 Å². The molecular formula is C60H40N4S. The Hall–Kier alpha value is -7.99. The number of hydrogen-bond acceptors (Lipinski definition) is 4. The lowest BCUT2D eigenvalue weighted by molar-refractivity contribution is 0.660. The van der Waals surface area contributed by atoms with Gasteiger partial charge in [-0.3, -0.25) is 0 Å². The number of nitrogens with zero attached hydrogens (tertiary/aromatic N) is 4. The highest BCUT2D eigenvalue weighted by Gasteiger charge is 2.35. The van der Waals surface area contributed by atoms with Crippen LogP contribution in [-0.2, 0) is 5.41 Å². The number of hydrogen-bond donors (Lipinski definition) is 0. The van der Waals surface area contributed by atoms with Crippen LogP contribution in [0.25, 0.3) is 115 Å². The third kappa shape index (κ3) is 5.93. The molecule has 5 heteroatoms. The van der Waals surface area contributed by atoms with Crippen molar-refractivity contribution < 1.29 is 6.85 Å². The molecule has 0 saturated heterocycles. The molecule has 0 fully saturated rings. The van der Waals surface area contributed by atoms with Crippen LogP contribution in [0.4, 0.5) is 0 Å². The third-order valence-corrected chi connectivity index (χ3v) is 14.4. The predicted octanol–water partition coefficient (Wildman–Crippen LogP) is 16.0. The van der Waals surface area contributed by atoms with E-state index in [2.05, 4.69) is 182 Å². The van der Waals surface area contributed by atoms with Crippen molar-refractivity contribution in [3.63, 3.8) is 0 Å². The lowest BCUT2D eigenvalue weighted by atomic mass is 9.82. The average molecular weight is 854 g/mol. The molecule has 3 heterocycles. The first kappa shape index (κ1) is 32.7. The largest absolute Gasteiger partial charge is 0.309 e. The van der Waals surface area contributed by atoms with Gasteiger partial charge in [-0.2, -0.15) is 0 Å². The van der Waals surface area contributed by atoms with Crippen LogP contribution in [-0.4, -0.2) is 19.5 Å². The van der Waals surface area contributed by atoms with E-state index in [1.165, 1.54) is 11.1 Å². The zero-order chi connectivity index (χ0) is 47.6. The highest BCUT2D eigenvalue weighted by atomic mass is 32.1. The van der Waals surface area contributed by atoms with Gasteiger partial charge in [0.15, 0.2) is 17.5 Å². The van der Waals surface area contributed by atoms with Crippen molar-refractivity contribution in [2.24, 2.45) is 0 Å². The van der Waals surface area contributed by atoms with Crippen LogP contribution in [0, 0.1) is 0 Å². The molecule has 1 aliphatic rings. The number of para-hydroxylation sites is 2. The Kier molecular flexibility index (Phi) is 7.30. The molecule has 0 atom stereocenters. The summed E-state index contributed by atoms with van der Waals surface area (Å²) in [5.41, 5.74) is 13.2. The van der Waals surface area contributed by atoms with E-state index < -0.39 is 18.1 Å². The summed E-state index contributed by atoms with van der Waals surface area (Å²) in [5.74, 6) is 0.639. The molecule has 0 unspecified atom stereocenters. The van der Waals surface area contributed by atoms with E-state index in [1.807, 2.05) is 12.1 Å². The normalized spacial score (nSPS) is 14.0. The minimum Gasteiger partial charge on any atom is -0.309 e. The van der Waals surface area contributed by atoms with Crippen LogP contribution in [0.15, 0.2) is 206 Å². The molecule has 13 rings (SSSR count). The summed E-state index contributed by atoms with van der Waals surface area (Å²) >= 11 is 1.68. The topological polar surface area (TPSA) is 43.6 Å². The maximum atomic E-state index is 9.14. The number of aromatic nitrogens is 4. The van der Waals surface area contributed by atoms with E-state index in [0.29, 0.717) is 11.6 Å². The van der Waals surface area contributed by atoms with E-state index in [4.69, 9.17) is 21.8 Å². The fourth-order valence-electron chi connectivity index (χ4n) is 10.1. The second-order valence-corrected chi connectivity index (χ2v) is 18.2. The van der Waals surface area contributed by atoms with Crippen molar-refractivity contribution in [2.75, 3.05) is 0 Å². The fraction of sp³-hybridized carbons (Fsp3) is 0.0500. The minimum atomic E-state index is -0.482. The second kappa shape index (κ2) is 14.5. The van der Waals surface area contributed by atoms with Crippen LogP contribution in [0.1, 0.15) is 31.8 Å². The predicted molar refractivity (Wildman–Crippen MR) is 272 cm³/mol. The summed E-state index contributed by atoms with van der Waals surface area (Å²) in [7, 11) is 0. The molecule has 0 saturated carbocycles. The smallest absolute Gasteiger partial charge is 0.165 e. The van der Waals surface area contributed by atoms with Gasteiger partial charge in [0, 0.05) is 58.7 Å². The first-order valence-corrected chi connectivity index (χ1v) is 22.6. The van der Waals surface area contributed by atoms with Crippen LogP contribution in [0.5, 0.6) is 0 Å². The summed E-state index contributed by atoms with van der Waals surface area (Å²) in [6.45, 7) is 4.47. The summed E-state index contributed by atoms with van der Waals surface area (Å²) in [6, 6.07) is 59.4. The molecule has 0 spiro atoms. The van der Waals surface area contributed by atoms with Gasteiger partial charge in [0.1, 0.15) is 0 Å². The zero-order valence-electron chi connectivity index (χ0n) is 40.4. The van der Waals surface area contributed by atoms with Gasteiger partial charge >= 0.3 is 0 Å². The third-order valence-electron chi connectivity index (χ3n) is 13.1. The standard InChI is InChI=1S/C60H40N4S/c1-60(2)51-28-12-9-23-44(51)48-34-41(31-32-52(48)60)58-61-57(38-19-7-4-8-20-38)62-59(63-58)50-36-42(64-53-29-13-10-24-45(53)46-25-11-14-30-54(46)64)35-49-47-27-16-26-43(55(47)65-56(49)50)40-22-15-21-39(33-40)37-17-5-3-6-18-37/h3-36H,1-2H3/i4D,7D,8D,19D,20D. The van der Waals surface area contributed by atoms with Crippen molar-refractivity contribution >= 4 is 53.3 Å². The molecule has 0 aliphatic heterocycles. The Morgan fingerprint density at radius 3 is 1.82 bits per heavy atom. The monoisotopic (exact) mass is 853 g/mol. The second-order valence-electron chi connectivity index (χ2n) is 17.2. The van der Waals surface area contributed by atoms with Gasteiger partial charge in [-0.05, 0) is 80.9 Å². The van der Waals surface area contributed by atoms with Gasteiger partial charge in [-0.25, -0.2) is 15.0 Å². The van der Waals surface area contributed by atoms with Crippen LogP contribution in [0.2, 0.25) is 0 Å². The molecule has 3 aromatic heterocycles. The lowest BCUT2D eigenvalue weighted by Gasteiger charge is -2.21. The van der Waals surface area contributed by atoms with Crippen molar-refractivity contribution in [3.05, 3.63) is 217 Å². The summed E-state index contributed by atoms with van der Waals surface area (Å²) < 4.78 is 48.4. The maximum absolute atomic E-state index is 9.14. The molecular weight excluding hydrogens is 809 g/mol. The Balaban J connectivity index is 1.12. The number of thiophene rings is 1. The molecule has 0 amide bonds. The summed E-state index contributed by atoms with van der Waals surface area (Å²) in [5, 5.41) is 4.34. The lowest BCUT2D eigenvalue weighted by Crippen LogP contribution is -2.14. The van der Waals surface area contributed by atoms with Gasteiger partial charge in [0.05, 0.1) is 17.9 Å². The Labute approximate surface area is 387 Å². The molecule has 4 nitrogen and oxygen atoms in total. The molecule has 306 valence electrons. The van der Waals surface area contributed by atoms with Crippen molar-refractivity contribution in [2.45, 2.75) is 19.3 Å². The number of fused-ring (bicyclic) bond motifs is 9. The van der Waals surface area contributed by atoms with E-state index in [9.17, 15) is 0 Å². The van der Waals surface area contributed by atoms with Crippen molar-refractivity contribution in [1.29, 1.82) is 0 Å². The van der Waals surface area contributed by atoms with Gasteiger partial charge in [0.25, 0.3) is 0 Å². The van der Waals surface area contributed by atoms with Gasteiger partial charge < -0.3 is 4.57 Å². The quantitative estimate of drug-likeness (QED) is 0.167. The van der Waals surface area contributed by atoms with Crippen LogP contribution >= 0.6 is 11.3 Å².